The van der Waals surface area contributed by atoms with Crippen molar-refractivity contribution < 1.29 is 31.5 Å². The van der Waals surface area contributed by atoms with Gasteiger partial charge >= 0.3 is 6.18 Å². The number of nitrogens with one attached hydrogen (secondary N) is 1. The second kappa shape index (κ2) is 8.49. The average molecular weight is 472 g/mol. The molecule has 2 aromatic rings. The molecule has 0 saturated carbocycles. The van der Waals surface area contributed by atoms with E-state index in [-0.39, 0.29) is 49.3 Å². The minimum absolute atomic E-state index is 0.0643. The number of hydrogen-bond acceptors (Lipinski definition) is 5. The van der Waals surface area contributed by atoms with Crippen LogP contribution >= 0.6 is 0 Å². The number of sulfonamides is 1. The van der Waals surface area contributed by atoms with Gasteiger partial charge in [-0.25, -0.2) is 8.42 Å². The van der Waals surface area contributed by atoms with Gasteiger partial charge in [-0.1, -0.05) is 18.2 Å². The fourth-order valence-corrected chi connectivity index (χ4v) is 5.28. The summed E-state index contributed by atoms with van der Waals surface area (Å²) in [6.07, 6.45) is -3.32. The SMILES string of the molecule is O=C(c1n[nH]c2c1CN(S(=O)(=O)CO)CC2)N1CCC(c2ccccc2C(F)(F)F)CC1. The summed E-state index contributed by atoms with van der Waals surface area (Å²) in [6.45, 7) is 0.660. The quantitative estimate of drug-likeness (QED) is 0.709. The number of halogens is 3. The van der Waals surface area contributed by atoms with Gasteiger partial charge in [0.1, 0.15) is 0 Å². The van der Waals surface area contributed by atoms with Crippen LogP contribution in [0.1, 0.15) is 51.6 Å². The number of nitrogens with zero attached hydrogens (tertiary/aromatic N) is 3. The highest BCUT2D eigenvalue weighted by atomic mass is 32.2. The number of piperidine rings is 1. The lowest BCUT2D eigenvalue weighted by Gasteiger charge is -2.33. The summed E-state index contributed by atoms with van der Waals surface area (Å²) in [4.78, 5) is 14.6. The van der Waals surface area contributed by atoms with Crippen molar-refractivity contribution in [3.05, 3.63) is 52.3 Å². The van der Waals surface area contributed by atoms with Crippen molar-refractivity contribution in [1.29, 1.82) is 0 Å². The molecule has 2 aliphatic heterocycles. The first-order chi connectivity index (χ1) is 15.1. The Hall–Kier alpha value is -2.44. The number of rotatable bonds is 4. The number of aromatic amines is 1. The molecule has 0 bridgehead atoms. The van der Waals surface area contributed by atoms with Crippen molar-refractivity contribution in [3.63, 3.8) is 0 Å². The highest BCUT2D eigenvalue weighted by Gasteiger charge is 2.37. The van der Waals surface area contributed by atoms with Gasteiger partial charge in [0, 0.05) is 43.9 Å². The normalized spacial score (nSPS) is 18.6. The molecule has 1 fully saturated rings. The van der Waals surface area contributed by atoms with Gasteiger partial charge in [-0.3, -0.25) is 9.89 Å². The molecule has 0 atom stereocenters. The van der Waals surface area contributed by atoms with E-state index in [4.69, 9.17) is 5.11 Å². The van der Waals surface area contributed by atoms with Crippen LogP contribution in [0.5, 0.6) is 0 Å². The first-order valence-corrected chi connectivity index (χ1v) is 11.8. The lowest BCUT2D eigenvalue weighted by Crippen LogP contribution is -2.40. The van der Waals surface area contributed by atoms with Gasteiger partial charge in [0.2, 0.25) is 10.0 Å². The molecule has 8 nitrogen and oxygen atoms in total. The molecule has 32 heavy (non-hydrogen) atoms. The summed E-state index contributed by atoms with van der Waals surface area (Å²) in [7, 11) is -3.83. The van der Waals surface area contributed by atoms with Crippen LogP contribution in [0.25, 0.3) is 0 Å². The summed E-state index contributed by atoms with van der Waals surface area (Å²) >= 11 is 0. The van der Waals surface area contributed by atoms with E-state index in [1.807, 2.05) is 0 Å². The van der Waals surface area contributed by atoms with Gasteiger partial charge in [0.05, 0.1) is 5.56 Å². The Morgan fingerprint density at radius 3 is 2.53 bits per heavy atom. The van der Waals surface area contributed by atoms with Crippen LogP contribution in [0.3, 0.4) is 0 Å². The number of aliphatic hydroxyl groups is 1. The highest BCUT2D eigenvalue weighted by molar-refractivity contribution is 7.88. The van der Waals surface area contributed by atoms with Crippen molar-refractivity contribution in [3.8, 4) is 0 Å². The number of carbonyl (C=O) groups is 1. The maximum atomic E-state index is 13.4. The van der Waals surface area contributed by atoms with E-state index in [2.05, 4.69) is 10.2 Å². The van der Waals surface area contributed by atoms with Gasteiger partial charge in [-0.2, -0.15) is 22.6 Å². The van der Waals surface area contributed by atoms with Gasteiger partial charge in [-0.15, -0.1) is 0 Å². The summed E-state index contributed by atoms with van der Waals surface area (Å²) in [5.74, 6) is -1.71. The van der Waals surface area contributed by atoms with Gasteiger partial charge < -0.3 is 10.0 Å². The Bertz CT molecular complexity index is 1110. The first kappa shape index (κ1) is 22.7. The number of alkyl halides is 3. The van der Waals surface area contributed by atoms with Crippen molar-refractivity contribution in [2.24, 2.45) is 0 Å². The lowest BCUT2D eigenvalue weighted by atomic mass is 9.86. The number of carbonyl (C=O) groups excluding carboxylic acids is 1. The Morgan fingerprint density at radius 1 is 1.19 bits per heavy atom. The maximum absolute atomic E-state index is 13.4. The minimum atomic E-state index is -4.43. The predicted molar refractivity (Wildman–Crippen MR) is 108 cm³/mol. The molecule has 0 radical (unpaired) electrons. The molecule has 3 heterocycles. The Labute approximate surface area is 183 Å². The number of aliphatic hydroxyl groups excluding tert-OH is 1. The molecular weight excluding hydrogens is 449 g/mol. The second-order valence-corrected chi connectivity index (χ2v) is 9.94. The summed E-state index contributed by atoms with van der Waals surface area (Å²) in [5.41, 5.74) is 0.868. The first-order valence-electron chi connectivity index (χ1n) is 10.2. The van der Waals surface area contributed by atoms with Crippen LogP contribution in [0.15, 0.2) is 24.3 Å². The van der Waals surface area contributed by atoms with Gasteiger partial charge in [-0.05, 0) is 30.4 Å². The average Bonchev–Trinajstić information content (AvgIpc) is 3.21. The minimum Gasteiger partial charge on any atom is -0.379 e. The zero-order valence-corrected chi connectivity index (χ0v) is 17.9. The molecule has 174 valence electrons. The van der Waals surface area contributed by atoms with Crippen molar-refractivity contribution in [1.82, 2.24) is 19.4 Å². The maximum Gasteiger partial charge on any atom is 0.416 e. The topological polar surface area (TPSA) is 107 Å². The van der Waals surface area contributed by atoms with Crippen LogP contribution in [-0.4, -0.2) is 64.4 Å². The van der Waals surface area contributed by atoms with E-state index >= 15 is 0 Å². The third-order valence-corrected chi connectivity index (χ3v) is 7.57. The van der Waals surface area contributed by atoms with Crippen LogP contribution in [0, 0.1) is 0 Å². The van der Waals surface area contributed by atoms with E-state index in [9.17, 15) is 26.4 Å². The van der Waals surface area contributed by atoms with Gasteiger partial charge in [0.15, 0.2) is 11.6 Å². The third kappa shape index (κ3) is 4.26. The fourth-order valence-electron chi connectivity index (χ4n) is 4.42. The summed E-state index contributed by atoms with van der Waals surface area (Å²) in [5, 5.41) is 16.0. The van der Waals surface area contributed by atoms with Crippen LogP contribution in [0.4, 0.5) is 13.2 Å². The van der Waals surface area contributed by atoms with E-state index in [0.717, 1.165) is 10.4 Å². The fraction of sp³-hybridized carbons (Fsp3) is 0.500. The van der Waals surface area contributed by atoms with Crippen molar-refractivity contribution in [2.45, 2.75) is 37.9 Å². The second-order valence-electron chi connectivity index (χ2n) is 8.01. The molecule has 4 rings (SSSR count). The molecule has 12 heteroatoms. The van der Waals surface area contributed by atoms with Crippen LogP contribution in [-0.2, 0) is 29.2 Å². The number of aromatic nitrogens is 2. The van der Waals surface area contributed by atoms with Crippen LogP contribution in [0.2, 0.25) is 0 Å². The molecule has 0 spiro atoms. The zero-order chi connectivity index (χ0) is 23.1. The molecule has 1 amide bonds. The molecule has 1 saturated heterocycles. The molecule has 0 aliphatic carbocycles. The molecule has 2 N–H and O–H groups in total. The molecular formula is C20H23F3N4O4S. The van der Waals surface area contributed by atoms with E-state index in [0.29, 0.717) is 30.5 Å². The standard InChI is InChI=1S/C20H23F3N4O4S/c21-20(22,23)16-4-2-1-3-14(16)13-5-8-26(9-6-13)19(29)18-15-11-27(32(30,31)12-28)10-7-17(15)24-25-18/h1-4,13,28H,5-12H2,(H,24,25). The summed E-state index contributed by atoms with van der Waals surface area (Å²) < 4.78 is 65.2. The Kier molecular flexibility index (Phi) is 6.03. The molecule has 0 unspecified atom stereocenters. The number of amides is 1. The number of benzene rings is 1. The number of hydrogen-bond donors (Lipinski definition) is 2. The van der Waals surface area contributed by atoms with Crippen molar-refractivity contribution in [2.75, 3.05) is 25.6 Å². The number of H-pyrrole nitrogens is 1. The lowest BCUT2D eigenvalue weighted by molar-refractivity contribution is -0.138. The predicted octanol–water partition coefficient (Wildman–Crippen LogP) is 2.09. The third-order valence-electron chi connectivity index (χ3n) is 6.15. The Balaban J connectivity index is 1.48. The number of likely N-dealkylation sites (tertiary alicyclic amines) is 1. The van der Waals surface area contributed by atoms with E-state index in [1.165, 1.54) is 12.1 Å². The summed E-state index contributed by atoms with van der Waals surface area (Å²) in [6, 6.07) is 5.52. The molecule has 2 aliphatic rings. The monoisotopic (exact) mass is 472 g/mol. The zero-order valence-electron chi connectivity index (χ0n) is 17.1. The molecule has 1 aromatic carbocycles. The van der Waals surface area contributed by atoms with Crippen LogP contribution < -0.4 is 0 Å². The highest BCUT2D eigenvalue weighted by Crippen LogP contribution is 2.39. The van der Waals surface area contributed by atoms with Crippen molar-refractivity contribution >= 4 is 15.9 Å². The smallest absolute Gasteiger partial charge is 0.379 e. The van der Waals surface area contributed by atoms with E-state index in [1.54, 1.807) is 11.0 Å². The van der Waals surface area contributed by atoms with Gasteiger partial charge in [0.25, 0.3) is 5.91 Å². The molecule has 1 aromatic heterocycles. The number of fused-ring (bicyclic) bond motifs is 1. The Morgan fingerprint density at radius 2 is 1.88 bits per heavy atom. The van der Waals surface area contributed by atoms with E-state index < -0.39 is 27.7 Å². The largest absolute Gasteiger partial charge is 0.416 e.